The monoisotopic (exact) mass is 273 g/mol. The lowest BCUT2D eigenvalue weighted by atomic mass is 10.1. The molecule has 0 aromatic heterocycles. The van der Waals surface area contributed by atoms with Crippen molar-refractivity contribution in [1.29, 1.82) is 0 Å². The highest BCUT2D eigenvalue weighted by atomic mass is 79.9. The number of halogens is 1. The van der Waals surface area contributed by atoms with Crippen molar-refractivity contribution in [1.82, 2.24) is 5.32 Å². The molecule has 0 unspecified atom stereocenters. The first kappa shape index (κ1) is 12.0. The molecule has 2 N–H and O–H groups in total. The van der Waals surface area contributed by atoms with Gasteiger partial charge in [0.15, 0.2) is 5.78 Å². The standard InChI is InChI=1S/C10H12BrNO3/c1-12-5-8(14)6-3-7(13)10(11)9(4-6)15-2/h3-4,12-13H,5H2,1-2H3. The number of Topliss-reactive ketones (excluding diaryl/α,β-unsaturated/α-hetero) is 1. The maximum atomic E-state index is 11.5. The fourth-order valence-electron chi connectivity index (χ4n) is 1.16. The highest BCUT2D eigenvalue weighted by Gasteiger charge is 2.12. The van der Waals surface area contributed by atoms with Crippen LogP contribution in [0.3, 0.4) is 0 Å². The first-order valence-electron chi connectivity index (χ1n) is 4.34. The van der Waals surface area contributed by atoms with Crippen LogP contribution < -0.4 is 10.1 Å². The molecule has 0 bridgehead atoms. The molecule has 0 radical (unpaired) electrons. The number of carbonyl (C=O) groups excluding carboxylic acids is 1. The number of hydrogen-bond donors (Lipinski definition) is 2. The third kappa shape index (κ3) is 2.70. The van der Waals surface area contributed by atoms with Gasteiger partial charge in [-0.05, 0) is 35.1 Å². The summed E-state index contributed by atoms with van der Waals surface area (Å²) in [4.78, 5) is 11.5. The molecule has 1 aromatic rings. The minimum absolute atomic E-state index is 0.00574. The molecule has 1 aromatic carbocycles. The third-order valence-corrected chi connectivity index (χ3v) is 2.70. The summed E-state index contributed by atoms with van der Waals surface area (Å²) in [5.41, 5.74) is 0.418. The Balaban J connectivity index is 3.10. The number of nitrogens with one attached hydrogen (secondary N) is 1. The number of methoxy groups -OCH3 is 1. The van der Waals surface area contributed by atoms with Crippen LogP contribution in [0.4, 0.5) is 0 Å². The number of benzene rings is 1. The van der Waals surface area contributed by atoms with E-state index in [1.54, 1.807) is 13.1 Å². The third-order valence-electron chi connectivity index (χ3n) is 1.90. The second-order valence-electron chi connectivity index (χ2n) is 2.97. The Morgan fingerprint density at radius 3 is 2.80 bits per heavy atom. The van der Waals surface area contributed by atoms with E-state index in [2.05, 4.69) is 21.2 Å². The van der Waals surface area contributed by atoms with Gasteiger partial charge >= 0.3 is 0 Å². The topological polar surface area (TPSA) is 58.6 Å². The summed E-state index contributed by atoms with van der Waals surface area (Å²) < 4.78 is 5.47. The zero-order chi connectivity index (χ0) is 11.4. The van der Waals surface area contributed by atoms with E-state index in [0.717, 1.165) is 0 Å². The predicted octanol–water partition coefficient (Wildman–Crippen LogP) is 1.57. The lowest BCUT2D eigenvalue weighted by Gasteiger charge is -2.08. The van der Waals surface area contributed by atoms with Crippen molar-refractivity contribution < 1.29 is 14.6 Å². The van der Waals surface area contributed by atoms with Crippen LogP contribution in [-0.2, 0) is 0 Å². The molecule has 0 atom stereocenters. The molecular weight excluding hydrogens is 262 g/mol. The second-order valence-corrected chi connectivity index (χ2v) is 3.76. The number of aromatic hydroxyl groups is 1. The number of phenolic OH excluding ortho intramolecular Hbond substituents is 1. The first-order chi connectivity index (χ1) is 7.10. The van der Waals surface area contributed by atoms with Gasteiger partial charge < -0.3 is 15.2 Å². The molecule has 0 spiro atoms. The summed E-state index contributed by atoms with van der Waals surface area (Å²) in [6.45, 7) is 0.226. The number of phenols is 1. The van der Waals surface area contributed by atoms with E-state index in [4.69, 9.17) is 4.74 Å². The van der Waals surface area contributed by atoms with E-state index in [1.165, 1.54) is 13.2 Å². The van der Waals surface area contributed by atoms with E-state index in [1.807, 2.05) is 0 Å². The van der Waals surface area contributed by atoms with E-state index in [0.29, 0.717) is 15.8 Å². The lowest BCUT2D eigenvalue weighted by molar-refractivity contribution is 0.0993. The molecular formula is C10H12BrNO3. The normalized spacial score (nSPS) is 10.1. The maximum Gasteiger partial charge on any atom is 0.176 e. The second kappa shape index (κ2) is 5.14. The molecule has 4 nitrogen and oxygen atoms in total. The van der Waals surface area contributed by atoms with E-state index >= 15 is 0 Å². The minimum atomic E-state index is -0.0985. The Hall–Kier alpha value is -1.07. The summed E-state index contributed by atoms with van der Waals surface area (Å²) in [5.74, 6) is 0.335. The number of likely N-dealkylation sites (N-methyl/N-ethyl adjacent to an activating group) is 1. The first-order valence-corrected chi connectivity index (χ1v) is 5.13. The van der Waals surface area contributed by atoms with Gasteiger partial charge in [-0.3, -0.25) is 4.79 Å². The van der Waals surface area contributed by atoms with Crippen molar-refractivity contribution in [2.45, 2.75) is 0 Å². The Morgan fingerprint density at radius 2 is 2.27 bits per heavy atom. The SMILES string of the molecule is CNCC(=O)c1cc(O)c(Br)c(OC)c1. The Morgan fingerprint density at radius 1 is 1.60 bits per heavy atom. The van der Waals surface area contributed by atoms with Gasteiger partial charge in [0.25, 0.3) is 0 Å². The van der Waals surface area contributed by atoms with Gasteiger partial charge in [0.1, 0.15) is 16.0 Å². The molecule has 0 saturated carbocycles. The van der Waals surface area contributed by atoms with E-state index in [9.17, 15) is 9.90 Å². The Kier molecular flexibility index (Phi) is 4.11. The lowest BCUT2D eigenvalue weighted by Crippen LogP contribution is -2.18. The molecule has 15 heavy (non-hydrogen) atoms. The summed E-state index contributed by atoms with van der Waals surface area (Å²) >= 11 is 3.16. The quantitative estimate of drug-likeness (QED) is 0.818. The fraction of sp³-hybridized carbons (Fsp3) is 0.300. The summed E-state index contributed by atoms with van der Waals surface area (Å²) in [7, 11) is 3.17. The number of hydrogen-bond acceptors (Lipinski definition) is 4. The fourth-order valence-corrected chi connectivity index (χ4v) is 1.55. The zero-order valence-electron chi connectivity index (χ0n) is 8.50. The molecule has 0 amide bonds. The smallest absolute Gasteiger partial charge is 0.176 e. The van der Waals surface area contributed by atoms with Gasteiger partial charge in [-0.1, -0.05) is 0 Å². The molecule has 0 aliphatic heterocycles. The van der Waals surface area contributed by atoms with Crippen molar-refractivity contribution in [3.8, 4) is 11.5 Å². The van der Waals surface area contributed by atoms with Gasteiger partial charge in [0.05, 0.1) is 13.7 Å². The van der Waals surface area contributed by atoms with Gasteiger partial charge in [0.2, 0.25) is 0 Å². The van der Waals surface area contributed by atoms with Crippen molar-refractivity contribution in [2.24, 2.45) is 0 Å². The average molecular weight is 274 g/mol. The summed E-state index contributed by atoms with van der Waals surface area (Å²) in [5, 5.41) is 12.3. The van der Waals surface area contributed by atoms with Crippen molar-refractivity contribution in [3.63, 3.8) is 0 Å². The maximum absolute atomic E-state index is 11.5. The van der Waals surface area contributed by atoms with Crippen LogP contribution in [0.1, 0.15) is 10.4 Å². The van der Waals surface area contributed by atoms with Gasteiger partial charge in [-0.2, -0.15) is 0 Å². The highest BCUT2D eigenvalue weighted by molar-refractivity contribution is 9.10. The highest BCUT2D eigenvalue weighted by Crippen LogP contribution is 2.34. The van der Waals surface area contributed by atoms with Crippen molar-refractivity contribution >= 4 is 21.7 Å². The van der Waals surface area contributed by atoms with E-state index < -0.39 is 0 Å². The number of rotatable bonds is 4. The van der Waals surface area contributed by atoms with Crippen LogP contribution in [0.15, 0.2) is 16.6 Å². The average Bonchev–Trinajstić information content (AvgIpc) is 2.22. The number of carbonyl (C=O) groups is 1. The van der Waals surface area contributed by atoms with Gasteiger partial charge in [0, 0.05) is 5.56 Å². The predicted molar refractivity (Wildman–Crippen MR) is 60.6 cm³/mol. The molecule has 1 rings (SSSR count). The zero-order valence-corrected chi connectivity index (χ0v) is 10.1. The molecule has 5 heteroatoms. The van der Waals surface area contributed by atoms with Crippen LogP contribution in [0.25, 0.3) is 0 Å². The number of ether oxygens (including phenoxy) is 1. The number of ketones is 1. The van der Waals surface area contributed by atoms with Crippen LogP contribution in [0, 0.1) is 0 Å². The Bertz CT molecular complexity index is 379. The molecule has 0 heterocycles. The molecule has 0 aliphatic carbocycles. The van der Waals surface area contributed by atoms with E-state index in [-0.39, 0.29) is 18.1 Å². The van der Waals surface area contributed by atoms with Crippen LogP contribution in [0.2, 0.25) is 0 Å². The van der Waals surface area contributed by atoms with Gasteiger partial charge in [-0.15, -0.1) is 0 Å². The van der Waals surface area contributed by atoms with Crippen molar-refractivity contribution in [3.05, 3.63) is 22.2 Å². The van der Waals surface area contributed by atoms with Crippen LogP contribution >= 0.6 is 15.9 Å². The van der Waals surface area contributed by atoms with Crippen LogP contribution in [-0.4, -0.2) is 31.6 Å². The molecule has 82 valence electrons. The Labute approximate surface area is 96.4 Å². The van der Waals surface area contributed by atoms with Gasteiger partial charge in [-0.25, -0.2) is 0 Å². The largest absolute Gasteiger partial charge is 0.507 e. The van der Waals surface area contributed by atoms with Crippen LogP contribution in [0.5, 0.6) is 11.5 Å². The molecule has 0 saturated heterocycles. The molecule has 0 fully saturated rings. The summed E-state index contributed by atoms with van der Waals surface area (Å²) in [6.07, 6.45) is 0. The van der Waals surface area contributed by atoms with Crippen molar-refractivity contribution in [2.75, 3.05) is 20.7 Å². The summed E-state index contributed by atoms with van der Waals surface area (Å²) in [6, 6.07) is 3.00. The minimum Gasteiger partial charge on any atom is -0.507 e. The molecule has 0 aliphatic rings.